The van der Waals surface area contributed by atoms with E-state index in [1.165, 1.54) is 0 Å². The average molecular weight is 268 g/mol. The molecule has 0 aromatic heterocycles. The van der Waals surface area contributed by atoms with Crippen molar-refractivity contribution >= 4 is 15.5 Å². The van der Waals surface area contributed by atoms with Crippen LogP contribution in [0.3, 0.4) is 0 Å². The molecule has 0 aliphatic carbocycles. The van der Waals surface area contributed by atoms with Crippen LogP contribution in [0.1, 0.15) is 13.8 Å². The summed E-state index contributed by atoms with van der Waals surface area (Å²) in [5, 5.41) is 3.39. The van der Waals surface area contributed by atoms with Crippen LogP contribution in [0.25, 0.3) is 0 Å². The number of sulfone groups is 1. The molecule has 1 fully saturated rings. The lowest BCUT2D eigenvalue weighted by molar-refractivity contribution is 0.485. The Morgan fingerprint density at radius 1 is 1.33 bits per heavy atom. The fraction of sp³-hybridized carbons (Fsp3) is 0.538. The highest BCUT2D eigenvalue weighted by Gasteiger charge is 2.17. The lowest BCUT2D eigenvalue weighted by Gasteiger charge is -2.33. The van der Waals surface area contributed by atoms with E-state index < -0.39 is 9.84 Å². The smallest absolute Gasteiger partial charge is 0.178 e. The first-order chi connectivity index (χ1) is 8.53. The van der Waals surface area contributed by atoms with Gasteiger partial charge in [-0.15, -0.1) is 0 Å². The van der Waals surface area contributed by atoms with Gasteiger partial charge >= 0.3 is 0 Å². The fourth-order valence-electron chi connectivity index (χ4n) is 2.20. The van der Waals surface area contributed by atoms with Gasteiger partial charge in [-0.1, -0.05) is 6.92 Å². The molecule has 0 spiro atoms. The maximum Gasteiger partial charge on any atom is 0.178 e. The normalized spacial score (nSPS) is 21.0. The minimum Gasteiger partial charge on any atom is -0.369 e. The molecule has 0 radical (unpaired) electrons. The molecule has 1 saturated heterocycles. The molecule has 0 bridgehead atoms. The summed E-state index contributed by atoms with van der Waals surface area (Å²) in [6.07, 6.45) is 0. The van der Waals surface area contributed by atoms with E-state index in [4.69, 9.17) is 0 Å². The second-order valence-electron chi connectivity index (χ2n) is 4.70. The summed E-state index contributed by atoms with van der Waals surface area (Å²) in [5.41, 5.74) is 1.10. The Morgan fingerprint density at radius 3 is 2.56 bits per heavy atom. The van der Waals surface area contributed by atoms with Crippen molar-refractivity contribution in [2.24, 2.45) is 0 Å². The molecule has 1 atom stereocenters. The van der Waals surface area contributed by atoms with Gasteiger partial charge in [0.05, 0.1) is 10.6 Å². The molecule has 1 unspecified atom stereocenters. The van der Waals surface area contributed by atoms with Crippen LogP contribution >= 0.6 is 0 Å². The third kappa shape index (κ3) is 2.84. The first kappa shape index (κ1) is 13.4. The molecular formula is C13H20N2O2S. The van der Waals surface area contributed by atoms with Crippen molar-refractivity contribution in [3.8, 4) is 0 Å². The van der Waals surface area contributed by atoms with Crippen molar-refractivity contribution in [2.75, 3.05) is 30.3 Å². The minimum atomic E-state index is -3.09. The van der Waals surface area contributed by atoms with E-state index in [0.717, 1.165) is 25.3 Å². The van der Waals surface area contributed by atoms with Crippen molar-refractivity contribution in [3.05, 3.63) is 24.3 Å². The van der Waals surface area contributed by atoms with Crippen LogP contribution in [-0.2, 0) is 9.84 Å². The lowest BCUT2D eigenvalue weighted by atomic mass is 10.2. The number of benzene rings is 1. The molecule has 1 aliphatic rings. The van der Waals surface area contributed by atoms with E-state index in [2.05, 4.69) is 17.1 Å². The highest BCUT2D eigenvalue weighted by Crippen LogP contribution is 2.19. The number of nitrogens with one attached hydrogen (secondary N) is 1. The zero-order valence-corrected chi connectivity index (χ0v) is 11.7. The van der Waals surface area contributed by atoms with Crippen molar-refractivity contribution in [1.82, 2.24) is 5.32 Å². The molecular weight excluding hydrogens is 248 g/mol. The van der Waals surface area contributed by atoms with E-state index >= 15 is 0 Å². The van der Waals surface area contributed by atoms with Crippen LogP contribution in [0.15, 0.2) is 29.2 Å². The standard InChI is InChI=1S/C13H20N2O2S/c1-3-18(16,17)13-6-4-12(5-7-13)15-9-8-14-11(2)10-15/h4-7,11,14H,3,8-10H2,1-2H3. The molecule has 1 aromatic carbocycles. The highest BCUT2D eigenvalue weighted by atomic mass is 32.2. The molecule has 1 N–H and O–H groups in total. The van der Waals surface area contributed by atoms with Gasteiger partial charge in [-0.05, 0) is 31.2 Å². The Hall–Kier alpha value is -1.07. The number of anilines is 1. The monoisotopic (exact) mass is 268 g/mol. The number of nitrogens with zero attached hydrogens (tertiary/aromatic N) is 1. The van der Waals surface area contributed by atoms with Crippen LogP contribution < -0.4 is 10.2 Å². The van der Waals surface area contributed by atoms with Gasteiger partial charge in [-0.3, -0.25) is 0 Å². The van der Waals surface area contributed by atoms with Crippen LogP contribution in [0, 0.1) is 0 Å². The molecule has 4 nitrogen and oxygen atoms in total. The third-order valence-electron chi connectivity index (χ3n) is 3.31. The number of piperazine rings is 1. The van der Waals surface area contributed by atoms with Gasteiger partial charge in [0.25, 0.3) is 0 Å². The van der Waals surface area contributed by atoms with Crippen LogP contribution in [-0.4, -0.2) is 39.8 Å². The molecule has 0 saturated carbocycles. The van der Waals surface area contributed by atoms with E-state index in [0.29, 0.717) is 10.9 Å². The molecule has 18 heavy (non-hydrogen) atoms. The van der Waals surface area contributed by atoms with Crippen LogP contribution in [0.4, 0.5) is 5.69 Å². The first-order valence-corrected chi connectivity index (χ1v) is 7.99. The Labute approximate surface area is 109 Å². The van der Waals surface area contributed by atoms with Crippen molar-refractivity contribution < 1.29 is 8.42 Å². The van der Waals surface area contributed by atoms with Gasteiger partial charge in [0.15, 0.2) is 9.84 Å². The summed E-state index contributed by atoms with van der Waals surface area (Å²) >= 11 is 0. The zero-order valence-electron chi connectivity index (χ0n) is 10.9. The molecule has 2 rings (SSSR count). The summed E-state index contributed by atoms with van der Waals surface area (Å²) in [6, 6.07) is 7.70. The molecule has 1 aliphatic heterocycles. The Kier molecular flexibility index (Phi) is 3.92. The Morgan fingerprint density at radius 2 is 2.00 bits per heavy atom. The number of hydrogen-bond acceptors (Lipinski definition) is 4. The predicted octanol–water partition coefficient (Wildman–Crippen LogP) is 1.28. The number of hydrogen-bond donors (Lipinski definition) is 1. The topological polar surface area (TPSA) is 49.4 Å². The first-order valence-electron chi connectivity index (χ1n) is 6.34. The molecule has 5 heteroatoms. The van der Waals surface area contributed by atoms with Crippen molar-refractivity contribution in [3.63, 3.8) is 0 Å². The zero-order chi connectivity index (χ0) is 13.2. The Balaban J connectivity index is 2.17. The highest BCUT2D eigenvalue weighted by molar-refractivity contribution is 7.91. The van der Waals surface area contributed by atoms with E-state index in [9.17, 15) is 8.42 Å². The summed E-state index contributed by atoms with van der Waals surface area (Å²) in [5.74, 6) is 0.150. The maximum atomic E-state index is 11.7. The summed E-state index contributed by atoms with van der Waals surface area (Å²) in [7, 11) is -3.09. The maximum absolute atomic E-state index is 11.7. The van der Waals surface area contributed by atoms with Crippen molar-refractivity contribution in [2.45, 2.75) is 24.8 Å². The quantitative estimate of drug-likeness (QED) is 0.897. The second-order valence-corrected chi connectivity index (χ2v) is 6.98. The third-order valence-corrected chi connectivity index (χ3v) is 5.06. The van der Waals surface area contributed by atoms with E-state index in [1.54, 1.807) is 19.1 Å². The molecule has 1 aromatic rings. The molecule has 1 heterocycles. The van der Waals surface area contributed by atoms with Crippen LogP contribution in [0.5, 0.6) is 0 Å². The van der Waals surface area contributed by atoms with E-state index in [1.807, 2.05) is 12.1 Å². The fourth-order valence-corrected chi connectivity index (χ4v) is 3.08. The minimum absolute atomic E-state index is 0.150. The largest absolute Gasteiger partial charge is 0.369 e. The van der Waals surface area contributed by atoms with Gasteiger partial charge in [-0.25, -0.2) is 8.42 Å². The van der Waals surface area contributed by atoms with Gasteiger partial charge in [-0.2, -0.15) is 0 Å². The van der Waals surface area contributed by atoms with Crippen molar-refractivity contribution in [1.29, 1.82) is 0 Å². The van der Waals surface area contributed by atoms with Crippen LogP contribution in [0.2, 0.25) is 0 Å². The van der Waals surface area contributed by atoms with Gasteiger partial charge in [0.2, 0.25) is 0 Å². The van der Waals surface area contributed by atoms with Gasteiger partial charge in [0, 0.05) is 31.4 Å². The Bertz CT molecular complexity index is 496. The second kappa shape index (κ2) is 5.28. The number of rotatable bonds is 3. The predicted molar refractivity (Wildman–Crippen MR) is 73.8 cm³/mol. The van der Waals surface area contributed by atoms with E-state index in [-0.39, 0.29) is 5.75 Å². The summed E-state index contributed by atoms with van der Waals surface area (Å²) < 4.78 is 23.4. The summed E-state index contributed by atoms with van der Waals surface area (Å²) in [4.78, 5) is 2.70. The lowest BCUT2D eigenvalue weighted by Crippen LogP contribution is -2.49. The van der Waals surface area contributed by atoms with Gasteiger partial charge < -0.3 is 10.2 Å². The average Bonchev–Trinajstić information content (AvgIpc) is 2.39. The SMILES string of the molecule is CCS(=O)(=O)c1ccc(N2CCNC(C)C2)cc1. The molecule has 100 valence electrons. The summed E-state index contributed by atoms with van der Waals surface area (Å²) in [6.45, 7) is 6.71. The molecule has 0 amide bonds. The van der Waals surface area contributed by atoms with Gasteiger partial charge in [0.1, 0.15) is 0 Å².